The van der Waals surface area contributed by atoms with E-state index in [0.29, 0.717) is 12.2 Å². The van der Waals surface area contributed by atoms with E-state index in [1.165, 1.54) is 0 Å². The maximum Gasteiger partial charge on any atom is 0.249 e. The van der Waals surface area contributed by atoms with Gasteiger partial charge in [0, 0.05) is 0 Å². The van der Waals surface area contributed by atoms with Crippen LogP contribution >= 0.6 is 11.6 Å². The molecule has 102 valence electrons. The van der Waals surface area contributed by atoms with Gasteiger partial charge in [-0.2, -0.15) is 0 Å². The summed E-state index contributed by atoms with van der Waals surface area (Å²) < 4.78 is 0. The van der Waals surface area contributed by atoms with Crippen LogP contribution in [0.2, 0.25) is 5.15 Å². The highest BCUT2D eigenvalue weighted by Gasteiger charge is 2.34. The molecule has 0 aliphatic carbocycles. The fraction of sp³-hybridized carbons (Fsp3) is 0.500. The van der Waals surface area contributed by atoms with Gasteiger partial charge in [0.15, 0.2) is 11.0 Å². The van der Waals surface area contributed by atoms with Gasteiger partial charge in [-0.25, -0.2) is 9.97 Å². The lowest BCUT2D eigenvalue weighted by atomic mass is 10.1. The normalized spacial score (nSPS) is 19.6. The van der Waals surface area contributed by atoms with Gasteiger partial charge in [-0.15, -0.1) is 0 Å². The number of carbonyl (C=O) groups is 2. The molecule has 1 aliphatic heterocycles. The third-order valence-electron chi connectivity index (χ3n) is 3.16. The van der Waals surface area contributed by atoms with E-state index < -0.39 is 6.04 Å². The number of halogens is 1. The van der Waals surface area contributed by atoms with E-state index in [9.17, 15) is 9.59 Å². The van der Waals surface area contributed by atoms with E-state index in [4.69, 9.17) is 11.6 Å². The fourth-order valence-electron chi connectivity index (χ4n) is 2.04. The molecular formula is C12H15ClN4O2. The Hall–Kier alpha value is -1.69. The number of carbonyl (C=O) groups excluding carboxylic acids is 2. The summed E-state index contributed by atoms with van der Waals surface area (Å²) in [6.45, 7) is 5.55. The van der Waals surface area contributed by atoms with E-state index in [1.54, 1.807) is 4.90 Å². The second-order valence-corrected chi connectivity index (χ2v) is 4.83. The van der Waals surface area contributed by atoms with Gasteiger partial charge in [-0.3, -0.25) is 14.9 Å². The van der Waals surface area contributed by atoms with Gasteiger partial charge < -0.3 is 4.90 Å². The van der Waals surface area contributed by atoms with Crippen molar-refractivity contribution in [3.05, 3.63) is 16.5 Å². The molecule has 1 aromatic rings. The van der Waals surface area contributed by atoms with E-state index in [2.05, 4.69) is 15.3 Å². The first kappa shape index (κ1) is 13.7. The molecular weight excluding hydrogens is 268 g/mol. The molecule has 6 nitrogen and oxygen atoms in total. The number of nitrogens with zero attached hydrogens (tertiary/aromatic N) is 3. The Bertz CT molecular complexity index is 547. The lowest BCUT2D eigenvalue weighted by molar-refractivity contribution is -0.132. The summed E-state index contributed by atoms with van der Waals surface area (Å²) in [7, 11) is 0. The molecule has 1 unspecified atom stereocenters. The van der Waals surface area contributed by atoms with E-state index in [0.717, 1.165) is 11.4 Å². The molecule has 7 heteroatoms. The van der Waals surface area contributed by atoms with Crippen molar-refractivity contribution < 1.29 is 9.59 Å². The smallest absolute Gasteiger partial charge is 0.249 e. The van der Waals surface area contributed by atoms with Crippen molar-refractivity contribution in [1.82, 2.24) is 15.3 Å². The molecule has 1 saturated heterocycles. The Kier molecular flexibility index (Phi) is 3.71. The minimum atomic E-state index is -0.452. The van der Waals surface area contributed by atoms with Crippen molar-refractivity contribution >= 4 is 29.2 Å². The van der Waals surface area contributed by atoms with Crippen LogP contribution < -0.4 is 10.2 Å². The van der Waals surface area contributed by atoms with Gasteiger partial charge >= 0.3 is 0 Å². The number of aryl methyl sites for hydroxylation is 2. The summed E-state index contributed by atoms with van der Waals surface area (Å²) in [5, 5.41) is 2.53. The number of amides is 2. The summed E-state index contributed by atoms with van der Waals surface area (Å²) in [5.74, 6) is -0.291. The topological polar surface area (TPSA) is 75.2 Å². The second-order valence-electron chi connectivity index (χ2n) is 4.47. The Labute approximate surface area is 116 Å². The minimum absolute atomic E-state index is 0.0567. The molecule has 2 heterocycles. The van der Waals surface area contributed by atoms with Crippen LogP contribution in [-0.4, -0.2) is 34.4 Å². The van der Waals surface area contributed by atoms with Crippen molar-refractivity contribution in [3.63, 3.8) is 0 Å². The van der Waals surface area contributed by atoms with Crippen molar-refractivity contribution in [2.75, 3.05) is 11.4 Å². The van der Waals surface area contributed by atoms with Gasteiger partial charge in [0.05, 0.1) is 17.9 Å². The molecule has 1 aliphatic rings. The number of hydrogen-bond acceptors (Lipinski definition) is 5. The van der Waals surface area contributed by atoms with Crippen LogP contribution in [0.15, 0.2) is 0 Å². The Morgan fingerprint density at radius 3 is 2.58 bits per heavy atom. The number of rotatable bonds is 2. The van der Waals surface area contributed by atoms with Gasteiger partial charge in [0.2, 0.25) is 11.8 Å². The number of nitrogens with one attached hydrogen (secondary N) is 1. The van der Waals surface area contributed by atoms with Gasteiger partial charge in [-0.05, 0) is 20.3 Å². The summed E-state index contributed by atoms with van der Waals surface area (Å²) >= 11 is 6.09. The molecule has 2 amide bonds. The molecule has 1 fully saturated rings. The van der Waals surface area contributed by atoms with Crippen molar-refractivity contribution in [1.29, 1.82) is 0 Å². The number of aromatic nitrogens is 2. The Morgan fingerprint density at radius 1 is 1.32 bits per heavy atom. The Morgan fingerprint density at radius 2 is 1.95 bits per heavy atom. The number of hydrogen-bond donors (Lipinski definition) is 1. The van der Waals surface area contributed by atoms with Crippen molar-refractivity contribution in [2.24, 2.45) is 0 Å². The highest BCUT2D eigenvalue weighted by atomic mass is 35.5. The first-order chi connectivity index (χ1) is 8.93. The standard InChI is InChI=1S/C12H15ClN4O2/c1-4-8-12(19)16-9(18)5-17(8)11-10(13)14-6(2)7(3)15-11/h8H,4-5H2,1-3H3,(H,16,18,19). The lowest BCUT2D eigenvalue weighted by Gasteiger charge is -2.34. The third kappa shape index (κ3) is 2.53. The predicted octanol–water partition coefficient (Wildman–Crippen LogP) is 0.988. The third-order valence-corrected chi connectivity index (χ3v) is 3.42. The van der Waals surface area contributed by atoms with E-state index in [1.807, 2.05) is 20.8 Å². The van der Waals surface area contributed by atoms with Crippen LogP contribution in [0.1, 0.15) is 24.7 Å². The van der Waals surface area contributed by atoms with Crippen molar-refractivity contribution in [3.8, 4) is 0 Å². The van der Waals surface area contributed by atoms with Crippen molar-refractivity contribution in [2.45, 2.75) is 33.2 Å². The molecule has 0 radical (unpaired) electrons. The molecule has 0 spiro atoms. The van der Waals surface area contributed by atoms with Crippen LogP contribution in [0.4, 0.5) is 5.82 Å². The molecule has 0 aromatic carbocycles. The molecule has 19 heavy (non-hydrogen) atoms. The lowest BCUT2D eigenvalue weighted by Crippen LogP contribution is -2.58. The number of piperazine rings is 1. The number of anilines is 1. The highest BCUT2D eigenvalue weighted by molar-refractivity contribution is 6.32. The Balaban J connectivity index is 2.46. The predicted molar refractivity (Wildman–Crippen MR) is 71.1 cm³/mol. The molecule has 0 bridgehead atoms. The summed E-state index contributed by atoms with van der Waals surface area (Å²) in [6.07, 6.45) is 0.560. The zero-order chi connectivity index (χ0) is 14.2. The second kappa shape index (κ2) is 5.13. The molecule has 0 saturated carbocycles. The van der Waals surface area contributed by atoms with Gasteiger partial charge in [-0.1, -0.05) is 18.5 Å². The van der Waals surface area contributed by atoms with Crippen LogP contribution in [0.25, 0.3) is 0 Å². The van der Waals surface area contributed by atoms with Crippen LogP contribution in [0.5, 0.6) is 0 Å². The highest BCUT2D eigenvalue weighted by Crippen LogP contribution is 2.26. The molecule has 2 rings (SSSR count). The monoisotopic (exact) mass is 282 g/mol. The van der Waals surface area contributed by atoms with Gasteiger partial charge in [0.25, 0.3) is 0 Å². The molecule has 1 N–H and O–H groups in total. The van der Waals surface area contributed by atoms with Gasteiger partial charge in [0.1, 0.15) is 6.04 Å². The number of imide groups is 1. The van der Waals surface area contributed by atoms with E-state index in [-0.39, 0.29) is 23.5 Å². The maximum atomic E-state index is 11.8. The summed E-state index contributed by atoms with van der Waals surface area (Å²) in [4.78, 5) is 33.5. The summed E-state index contributed by atoms with van der Waals surface area (Å²) in [5.41, 5.74) is 1.46. The molecule has 1 atom stereocenters. The zero-order valence-corrected chi connectivity index (χ0v) is 11.8. The minimum Gasteiger partial charge on any atom is -0.333 e. The van der Waals surface area contributed by atoms with Crippen LogP contribution in [0.3, 0.4) is 0 Å². The maximum absolute atomic E-state index is 11.8. The first-order valence-corrected chi connectivity index (χ1v) is 6.43. The van der Waals surface area contributed by atoms with E-state index >= 15 is 0 Å². The SMILES string of the molecule is CCC1C(=O)NC(=O)CN1c1nc(C)c(C)nc1Cl. The first-order valence-electron chi connectivity index (χ1n) is 6.05. The van der Waals surface area contributed by atoms with Crippen LogP contribution in [0, 0.1) is 13.8 Å². The largest absolute Gasteiger partial charge is 0.333 e. The fourth-order valence-corrected chi connectivity index (χ4v) is 2.32. The average Bonchev–Trinajstić information content (AvgIpc) is 2.33. The van der Waals surface area contributed by atoms with Crippen LogP contribution in [-0.2, 0) is 9.59 Å². The zero-order valence-electron chi connectivity index (χ0n) is 11.0. The average molecular weight is 283 g/mol. The summed E-state index contributed by atoms with van der Waals surface area (Å²) in [6, 6.07) is -0.452. The quantitative estimate of drug-likeness (QED) is 0.819. The molecule has 1 aromatic heterocycles.